The van der Waals surface area contributed by atoms with Crippen LogP contribution in [0.25, 0.3) is 0 Å². The van der Waals surface area contributed by atoms with Crippen molar-refractivity contribution in [1.82, 2.24) is 19.7 Å². The van der Waals surface area contributed by atoms with Crippen LogP contribution in [0.4, 0.5) is 5.95 Å². The molecule has 2 aromatic rings. The van der Waals surface area contributed by atoms with Gasteiger partial charge in [-0.3, -0.25) is 4.79 Å². The minimum Gasteiger partial charge on any atom is -0.490 e. The van der Waals surface area contributed by atoms with Gasteiger partial charge in [-0.05, 0) is 71.1 Å². The second-order valence-electron chi connectivity index (χ2n) is 9.25. The first-order valence-electron chi connectivity index (χ1n) is 13.2. The average Bonchev–Trinajstić information content (AvgIpc) is 3.36. The fraction of sp³-hybridized carbons (Fsp3) is 0.556. The molecule has 1 aliphatic heterocycles. The maximum Gasteiger partial charge on any atom is 0.338 e. The number of nitrogens with zero attached hydrogens (tertiary/aromatic N) is 4. The van der Waals surface area contributed by atoms with E-state index in [2.05, 4.69) is 15.4 Å². The number of allylic oxidation sites excluding steroid dienone is 1. The Labute approximate surface area is 218 Å². The largest absolute Gasteiger partial charge is 0.490 e. The van der Waals surface area contributed by atoms with Crippen molar-refractivity contribution >= 4 is 17.8 Å². The number of benzene rings is 1. The number of amides is 1. The van der Waals surface area contributed by atoms with Crippen LogP contribution in [0.2, 0.25) is 0 Å². The Bertz CT molecular complexity index is 1130. The van der Waals surface area contributed by atoms with E-state index in [0.717, 1.165) is 31.2 Å². The lowest BCUT2D eigenvalue weighted by atomic mass is 9.94. The van der Waals surface area contributed by atoms with Crippen LogP contribution in [0.1, 0.15) is 71.4 Å². The standard InChI is InChI=1S/C27H37N5O5/c1-5-31(6-2)23(33)16-36-21-14-13-19(15-22(21)35-7-3)25-24(18(4)30-27-28-17-29-32(25)27)26(34)37-20-11-9-8-10-12-20/h13-15,17,20,25H,5-12,16H2,1-4H3,(H,28,29,30). The van der Waals surface area contributed by atoms with Crippen molar-refractivity contribution in [2.24, 2.45) is 0 Å². The van der Waals surface area contributed by atoms with E-state index in [1.807, 2.05) is 39.8 Å². The van der Waals surface area contributed by atoms with E-state index >= 15 is 0 Å². The molecule has 2 heterocycles. The Morgan fingerprint density at radius 1 is 1.08 bits per heavy atom. The third-order valence-corrected chi connectivity index (χ3v) is 6.89. The van der Waals surface area contributed by atoms with Gasteiger partial charge >= 0.3 is 5.97 Å². The lowest BCUT2D eigenvalue weighted by molar-refractivity contribution is -0.146. The van der Waals surface area contributed by atoms with Crippen LogP contribution >= 0.6 is 0 Å². The molecule has 0 radical (unpaired) electrons. The first-order chi connectivity index (χ1) is 18.0. The van der Waals surface area contributed by atoms with E-state index in [-0.39, 0.29) is 24.6 Å². The van der Waals surface area contributed by atoms with E-state index in [9.17, 15) is 9.59 Å². The number of hydrogen-bond acceptors (Lipinski definition) is 8. The Morgan fingerprint density at radius 2 is 1.84 bits per heavy atom. The van der Waals surface area contributed by atoms with E-state index in [0.29, 0.717) is 48.4 Å². The summed E-state index contributed by atoms with van der Waals surface area (Å²) in [4.78, 5) is 32.0. The highest BCUT2D eigenvalue weighted by molar-refractivity contribution is 5.92. The van der Waals surface area contributed by atoms with Gasteiger partial charge in [0, 0.05) is 18.8 Å². The van der Waals surface area contributed by atoms with Crippen molar-refractivity contribution in [1.29, 1.82) is 0 Å². The smallest absolute Gasteiger partial charge is 0.338 e. The maximum atomic E-state index is 13.5. The van der Waals surface area contributed by atoms with Gasteiger partial charge in [0.25, 0.3) is 5.91 Å². The van der Waals surface area contributed by atoms with Gasteiger partial charge in [0.1, 0.15) is 18.5 Å². The Kier molecular flexibility index (Phi) is 8.68. The summed E-state index contributed by atoms with van der Waals surface area (Å²) in [6, 6.07) is 4.92. The quantitative estimate of drug-likeness (QED) is 0.475. The fourth-order valence-corrected chi connectivity index (χ4v) is 4.95. The number of anilines is 1. The second-order valence-corrected chi connectivity index (χ2v) is 9.25. The van der Waals surface area contributed by atoms with Crippen molar-refractivity contribution in [2.45, 2.75) is 71.9 Å². The number of carbonyl (C=O) groups excluding carboxylic acids is 2. The molecular weight excluding hydrogens is 474 g/mol. The van der Waals surface area contributed by atoms with Crippen molar-refractivity contribution in [2.75, 3.05) is 31.6 Å². The van der Waals surface area contributed by atoms with Gasteiger partial charge in [0.05, 0.1) is 12.2 Å². The second kappa shape index (κ2) is 12.1. The maximum absolute atomic E-state index is 13.5. The van der Waals surface area contributed by atoms with E-state index in [1.54, 1.807) is 15.6 Å². The van der Waals surface area contributed by atoms with Crippen LogP contribution in [-0.2, 0) is 14.3 Å². The normalized spacial score (nSPS) is 17.6. The zero-order chi connectivity index (χ0) is 26.4. The average molecular weight is 512 g/mol. The predicted octanol–water partition coefficient (Wildman–Crippen LogP) is 4.09. The summed E-state index contributed by atoms with van der Waals surface area (Å²) >= 11 is 0. The molecule has 0 saturated heterocycles. The number of rotatable bonds is 10. The molecule has 1 aromatic carbocycles. The SMILES string of the molecule is CCOc1cc(C2C(C(=O)OC3CCCCC3)=C(C)Nc3ncnn32)ccc1OCC(=O)N(CC)CC. The van der Waals surface area contributed by atoms with Gasteiger partial charge in [-0.15, -0.1) is 0 Å². The number of hydrogen-bond donors (Lipinski definition) is 1. The summed E-state index contributed by atoms with van der Waals surface area (Å²) in [6.07, 6.45) is 6.48. The van der Waals surface area contributed by atoms with Crippen LogP contribution in [0.3, 0.4) is 0 Å². The molecule has 1 fully saturated rings. The zero-order valence-electron chi connectivity index (χ0n) is 22.2. The number of nitrogens with one attached hydrogen (secondary N) is 1. The lowest BCUT2D eigenvalue weighted by Gasteiger charge is -2.30. The molecule has 0 spiro atoms. The summed E-state index contributed by atoms with van der Waals surface area (Å²) in [6.45, 7) is 9.18. The summed E-state index contributed by atoms with van der Waals surface area (Å²) < 4.78 is 19.4. The van der Waals surface area contributed by atoms with E-state index < -0.39 is 6.04 Å². The van der Waals surface area contributed by atoms with Gasteiger partial charge in [-0.1, -0.05) is 12.5 Å². The minimum absolute atomic E-state index is 0.0718. The molecular formula is C27H37N5O5. The third-order valence-electron chi connectivity index (χ3n) is 6.89. The number of esters is 1. The Balaban J connectivity index is 1.64. The number of carbonyl (C=O) groups is 2. The summed E-state index contributed by atoms with van der Waals surface area (Å²) in [7, 11) is 0. The van der Waals surface area contributed by atoms with Gasteiger partial charge in [0.2, 0.25) is 5.95 Å². The molecule has 200 valence electrons. The Morgan fingerprint density at radius 3 is 2.54 bits per heavy atom. The van der Waals surface area contributed by atoms with Gasteiger partial charge in [-0.25, -0.2) is 9.48 Å². The number of likely N-dealkylation sites (N-methyl/N-ethyl adjacent to an activating group) is 1. The molecule has 1 amide bonds. The first-order valence-corrected chi connectivity index (χ1v) is 13.2. The fourth-order valence-electron chi connectivity index (χ4n) is 4.95. The van der Waals surface area contributed by atoms with Crippen LogP contribution in [0, 0.1) is 0 Å². The number of aromatic nitrogens is 3. The van der Waals surface area contributed by atoms with Crippen molar-refractivity contribution in [3.63, 3.8) is 0 Å². The zero-order valence-corrected chi connectivity index (χ0v) is 22.2. The van der Waals surface area contributed by atoms with Crippen LogP contribution in [0.5, 0.6) is 11.5 Å². The predicted molar refractivity (Wildman–Crippen MR) is 138 cm³/mol. The first kappa shape index (κ1) is 26.5. The molecule has 1 N–H and O–H groups in total. The highest BCUT2D eigenvalue weighted by atomic mass is 16.5. The molecule has 2 aliphatic rings. The Hall–Kier alpha value is -3.56. The molecule has 10 nitrogen and oxygen atoms in total. The van der Waals surface area contributed by atoms with Gasteiger partial charge in [-0.2, -0.15) is 10.1 Å². The highest BCUT2D eigenvalue weighted by Crippen LogP contribution is 2.39. The number of fused-ring (bicyclic) bond motifs is 1. The summed E-state index contributed by atoms with van der Waals surface area (Å²) in [5.41, 5.74) is 1.93. The van der Waals surface area contributed by atoms with E-state index in [1.165, 1.54) is 12.7 Å². The molecule has 4 rings (SSSR count). The monoisotopic (exact) mass is 511 g/mol. The topological polar surface area (TPSA) is 108 Å². The molecule has 1 aromatic heterocycles. The molecule has 1 atom stereocenters. The van der Waals surface area contributed by atoms with Gasteiger partial charge < -0.3 is 24.4 Å². The minimum atomic E-state index is -0.555. The summed E-state index contributed by atoms with van der Waals surface area (Å²) in [5.74, 6) is 1.05. The van der Waals surface area contributed by atoms with Crippen molar-refractivity contribution < 1.29 is 23.8 Å². The molecule has 1 saturated carbocycles. The lowest BCUT2D eigenvalue weighted by Crippen LogP contribution is -2.34. The van der Waals surface area contributed by atoms with Crippen LogP contribution < -0.4 is 14.8 Å². The highest BCUT2D eigenvalue weighted by Gasteiger charge is 2.36. The van der Waals surface area contributed by atoms with Gasteiger partial charge in [0.15, 0.2) is 18.1 Å². The summed E-state index contributed by atoms with van der Waals surface area (Å²) in [5, 5.41) is 7.59. The molecule has 0 bridgehead atoms. The van der Waals surface area contributed by atoms with Crippen LogP contribution in [-0.4, -0.2) is 63.9 Å². The van der Waals surface area contributed by atoms with E-state index in [4.69, 9.17) is 14.2 Å². The molecule has 37 heavy (non-hydrogen) atoms. The van der Waals surface area contributed by atoms with Crippen molar-refractivity contribution in [3.8, 4) is 11.5 Å². The molecule has 1 aliphatic carbocycles. The molecule has 1 unspecified atom stereocenters. The molecule has 10 heteroatoms. The number of ether oxygens (including phenoxy) is 3. The van der Waals surface area contributed by atoms with Crippen molar-refractivity contribution in [3.05, 3.63) is 41.4 Å². The third kappa shape index (κ3) is 5.89. The van der Waals surface area contributed by atoms with Crippen LogP contribution in [0.15, 0.2) is 35.8 Å².